The maximum absolute atomic E-state index is 12.3. The second-order valence-electron chi connectivity index (χ2n) is 5.11. The summed E-state index contributed by atoms with van der Waals surface area (Å²) in [5, 5.41) is 0. The average Bonchev–Trinajstić information content (AvgIpc) is 2.42. The van der Waals surface area contributed by atoms with Crippen LogP contribution in [0.1, 0.15) is 22.4 Å². The van der Waals surface area contributed by atoms with Crippen LogP contribution in [0.4, 0.5) is 5.69 Å². The molecule has 0 aliphatic carbocycles. The molecule has 1 aromatic carbocycles. The van der Waals surface area contributed by atoms with Crippen molar-refractivity contribution in [1.82, 2.24) is 9.71 Å². The van der Waals surface area contributed by atoms with Crippen molar-refractivity contribution in [1.29, 1.82) is 0 Å². The molecule has 0 radical (unpaired) electrons. The SMILES string of the molecule is Cc1ccc(CNS(=O)(=O)c2cc(C)c(C)cc2N)cn1. The molecule has 1 heterocycles. The minimum Gasteiger partial charge on any atom is -0.398 e. The summed E-state index contributed by atoms with van der Waals surface area (Å²) in [6.45, 7) is 5.82. The van der Waals surface area contributed by atoms with E-state index in [1.165, 1.54) is 0 Å². The number of nitrogen functional groups attached to an aromatic ring is 1. The second kappa shape index (κ2) is 5.83. The van der Waals surface area contributed by atoms with Gasteiger partial charge in [0.25, 0.3) is 0 Å². The third kappa shape index (κ3) is 3.59. The van der Waals surface area contributed by atoms with E-state index in [1.54, 1.807) is 18.3 Å². The molecule has 0 spiro atoms. The minimum absolute atomic E-state index is 0.116. The lowest BCUT2D eigenvalue weighted by atomic mass is 10.1. The van der Waals surface area contributed by atoms with Gasteiger partial charge in [-0.05, 0) is 55.7 Å². The zero-order valence-corrected chi connectivity index (χ0v) is 13.2. The fourth-order valence-electron chi connectivity index (χ4n) is 1.90. The number of anilines is 1. The van der Waals surface area contributed by atoms with Crippen LogP contribution in [0.5, 0.6) is 0 Å². The molecular weight excluding hydrogens is 286 g/mol. The zero-order valence-electron chi connectivity index (χ0n) is 12.3. The van der Waals surface area contributed by atoms with Crippen LogP contribution in [0, 0.1) is 20.8 Å². The van der Waals surface area contributed by atoms with Crippen molar-refractivity contribution in [2.75, 3.05) is 5.73 Å². The fourth-order valence-corrected chi connectivity index (χ4v) is 3.12. The Kier molecular flexibility index (Phi) is 4.29. The topological polar surface area (TPSA) is 85.1 Å². The number of sulfonamides is 1. The first-order chi connectivity index (χ1) is 9.79. The quantitative estimate of drug-likeness (QED) is 0.847. The zero-order chi connectivity index (χ0) is 15.6. The van der Waals surface area contributed by atoms with Crippen LogP contribution in [0.25, 0.3) is 0 Å². The minimum atomic E-state index is -3.64. The Hall–Kier alpha value is -1.92. The van der Waals surface area contributed by atoms with Gasteiger partial charge in [-0.25, -0.2) is 13.1 Å². The van der Waals surface area contributed by atoms with Crippen LogP contribution in [0.2, 0.25) is 0 Å². The van der Waals surface area contributed by atoms with E-state index in [0.717, 1.165) is 22.4 Å². The number of nitrogens with two attached hydrogens (primary N) is 1. The largest absolute Gasteiger partial charge is 0.398 e. The lowest BCUT2D eigenvalue weighted by Gasteiger charge is -2.11. The molecule has 0 atom stereocenters. The van der Waals surface area contributed by atoms with Crippen molar-refractivity contribution >= 4 is 15.7 Å². The summed E-state index contributed by atoms with van der Waals surface area (Å²) in [7, 11) is -3.64. The number of aromatic nitrogens is 1. The van der Waals surface area contributed by atoms with E-state index in [4.69, 9.17) is 5.73 Å². The lowest BCUT2D eigenvalue weighted by Crippen LogP contribution is -2.24. The maximum atomic E-state index is 12.3. The van der Waals surface area contributed by atoms with Crippen LogP contribution in [0.3, 0.4) is 0 Å². The van der Waals surface area contributed by atoms with Crippen LogP contribution in [-0.4, -0.2) is 13.4 Å². The van der Waals surface area contributed by atoms with E-state index in [-0.39, 0.29) is 17.1 Å². The molecule has 21 heavy (non-hydrogen) atoms. The van der Waals surface area contributed by atoms with Gasteiger partial charge in [0, 0.05) is 18.4 Å². The Morgan fingerprint density at radius 2 is 1.81 bits per heavy atom. The van der Waals surface area contributed by atoms with Gasteiger partial charge < -0.3 is 5.73 Å². The number of nitrogens with zero attached hydrogens (tertiary/aromatic N) is 1. The van der Waals surface area contributed by atoms with Crippen LogP contribution in [-0.2, 0) is 16.6 Å². The number of benzene rings is 1. The molecule has 112 valence electrons. The summed E-state index contributed by atoms with van der Waals surface area (Å²) in [5.41, 5.74) is 9.63. The molecule has 3 N–H and O–H groups in total. The number of nitrogens with one attached hydrogen (secondary N) is 1. The van der Waals surface area contributed by atoms with E-state index in [2.05, 4.69) is 9.71 Å². The third-order valence-electron chi connectivity index (χ3n) is 3.35. The number of pyridine rings is 1. The summed E-state index contributed by atoms with van der Waals surface area (Å²) in [5.74, 6) is 0. The average molecular weight is 305 g/mol. The van der Waals surface area contributed by atoms with Gasteiger partial charge in [0.15, 0.2) is 0 Å². The van der Waals surface area contributed by atoms with Crippen LogP contribution >= 0.6 is 0 Å². The van der Waals surface area contributed by atoms with Crippen molar-refractivity contribution in [2.24, 2.45) is 0 Å². The first-order valence-corrected chi connectivity index (χ1v) is 8.06. The highest BCUT2D eigenvalue weighted by Crippen LogP contribution is 2.22. The molecule has 0 aliphatic heterocycles. The van der Waals surface area contributed by atoms with Crippen molar-refractivity contribution < 1.29 is 8.42 Å². The highest BCUT2D eigenvalue weighted by atomic mass is 32.2. The highest BCUT2D eigenvalue weighted by molar-refractivity contribution is 7.89. The predicted octanol–water partition coefficient (Wildman–Crippen LogP) is 2.07. The summed E-state index contributed by atoms with van der Waals surface area (Å²) < 4.78 is 27.2. The summed E-state index contributed by atoms with van der Waals surface area (Å²) in [4.78, 5) is 4.25. The van der Waals surface area contributed by atoms with Crippen LogP contribution in [0.15, 0.2) is 35.4 Å². The Balaban J connectivity index is 2.22. The molecular formula is C15H19N3O2S. The Labute approximate surface area is 125 Å². The molecule has 0 aliphatic rings. The van der Waals surface area contributed by atoms with Crippen molar-refractivity contribution in [2.45, 2.75) is 32.2 Å². The van der Waals surface area contributed by atoms with Gasteiger partial charge in [-0.1, -0.05) is 6.07 Å². The van der Waals surface area contributed by atoms with Gasteiger partial charge >= 0.3 is 0 Å². The molecule has 6 heteroatoms. The number of hydrogen-bond donors (Lipinski definition) is 2. The number of rotatable bonds is 4. The molecule has 0 saturated carbocycles. The van der Waals surface area contributed by atoms with Crippen LogP contribution < -0.4 is 10.5 Å². The molecule has 0 saturated heterocycles. The van der Waals surface area contributed by atoms with E-state index in [9.17, 15) is 8.42 Å². The van der Waals surface area contributed by atoms with Gasteiger partial charge in [0.2, 0.25) is 10.0 Å². The molecule has 0 amide bonds. The molecule has 0 bridgehead atoms. The highest BCUT2D eigenvalue weighted by Gasteiger charge is 2.18. The number of aryl methyl sites for hydroxylation is 3. The van der Waals surface area contributed by atoms with Gasteiger partial charge in [-0.15, -0.1) is 0 Å². The normalized spacial score (nSPS) is 11.6. The van der Waals surface area contributed by atoms with Gasteiger partial charge in [0.05, 0.1) is 5.69 Å². The first-order valence-electron chi connectivity index (χ1n) is 6.57. The van der Waals surface area contributed by atoms with E-state index >= 15 is 0 Å². The molecule has 5 nitrogen and oxygen atoms in total. The van der Waals surface area contributed by atoms with E-state index < -0.39 is 10.0 Å². The van der Waals surface area contributed by atoms with Gasteiger partial charge in [-0.2, -0.15) is 0 Å². The number of hydrogen-bond acceptors (Lipinski definition) is 4. The van der Waals surface area contributed by atoms with Gasteiger partial charge in [-0.3, -0.25) is 4.98 Å². The maximum Gasteiger partial charge on any atom is 0.242 e. The predicted molar refractivity (Wildman–Crippen MR) is 83.3 cm³/mol. The molecule has 2 aromatic rings. The van der Waals surface area contributed by atoms with E-state index in [1.807, 2.05) is 32.9 Å². The van der Waals surface area contributed by atoms with Gasteiger partial charge in [0.1, 0.15) is 4.90 Å². The smallest absolute Gasteiger partial charge is 0.242 e. The Bertz CT molecular complexity index is 753. The standard InChI is InChI=1S/C15H19N3O2S/c1-10-6-14(16)15(7-11(10)2)21(19,20)18-9-13-5-4-12(3)17-8-13/h4-8,18H,9,16H2,1-3H3. The summed E-state index contributed by atoms with van der Waals surface area (Å²) >= 11 is 0. The second-order valence-corrected chi connectivity index (χ2v) is 6.84. The van der Waals surface area contributed by atoms with E-state index in [0.29, 0.717) is 0 Å². The first kappa shape index (κ1) is 15.5. The van der Waals surface area contributed by atoms with Crippen molar-refractivity contribution in [3.05, 3.63) is 52.8 Å². The molecule has 0 unspecified atom stereocenters. The Morgan fingerprint density at radius 3 is 2.43 bits per heavy atom. The fraction of sp³-hybridized carbons (Fsp3) is 0.267. The summed E-state index contributed by atoms with van der Waals surface area (Å²) in [6, 6.07) is 6.96. The lowest BCUT2D eigenvalue weighted by molar-refractivity contribution is 0.581. The molecule has 1 aromatic heterocycles. The monoisotopic (exact) mass is 305 g/mol. The third-order valence-corrected chi connectivity index (χ3v) is 4.81. The summed E-state index contributed by atoms with van der Waals surface area (Å²) in [6.07, 6.45) is 1.65. The van der Waals surface area contributed by atoms with Crippen molar-refractivity contribution in [3.8, 4) is 0 Å². The molecule has 0 fully saturated rings. The van der Waals surface area contributed by atoms with Crippen molar-refractivity contribution in [3.63, 3.8) is 0 Å². The molecule has 2 rings (SSSR count). The Morgan fingerprint density at radius 1 is 1.14 bits per heavy atom.